The fourth-order valence-electron chi connectivity index (χ4n) is 1.97. The van der Waals surface area contributed by atoms with Crippen LogP contribution in [0.25, 0.3) is 0 Å². The fourth-order valence-corrected chi connectivity index (χ4v) is 1.97. The maximum Gasteiger partial charge on any atom is 0.143 e. The first-order valence-corrected chi connectivity index (χ1v) is 6.31. The molecule has 0 saturated carbocycles. The highest BCUT2D eigenvalue weighted by molar-refractivity contribution is 5.50. The molecule has 0 aliphatic heterocycles. The maximum atomic E-state index is 8.95. The van der Waals surface area contributed by atoms with Crippen molar-refractivity contribution in [3.05, 3.63) is 41.3 Å². The smallest absolute Gasteiger partial charge is 0.143 e. The van der Waals surface area contributed by atoms with Crippen molar-refractivity contribution in [2.45, 2.75) is 26.8 Å². The topological polar surface area (TPSA) is 66.5 Å². The van der Waals surface area contributed by atoms with Crippen LogP contribution in [0.4, 0.5) is 5.82 Å². The lowest BCUT2D eigenvalue weighted by Gasteiger charge is -2.07. The first-order valence-electron chi connectivity index (χ1n) is 6.31. The quantitative estimate of drug-likeness (QED) is 0.832. The number of pyridine rings is 1. The summed E-state index contributed by atoms with van der Waals surface area (Å²) in [7, 11) is 0. The molecule has 0 amide bonds. The van der Waals surface area contributed by atoms with E-state index in [1.54, 1.807) is 18.3 Å². The Bertz CT molecular complexity index is 594. The summed E-state index contributed by atoms with van der Waals surface area (Å²) >= 11 is 0. The largest absolute Gasteiger partial charge is 0.369 e. The van der Waals surface area contributed by atoms with Gasteiger partial charge in [-0.05, 0) is 38.5 Å². The third kappa shape index (κ3) is 3.32. The van der Waals surface area contributed by atoms with Gasteiger partial charge in [-0.2, -0.15) is 10.4 Å². The number of hydrogen-bond acceptors (Lipinski definition) is 4. The summed E-state index contributed by atoms with van der Waals surface area (Å²) in [6, 6.07) is 7.72. The molecule has 0 bridgehead atoms. The monoisotopic (exact) mass is 255 g/mol. The van der Waals surface area contributed by atoms with Crippen LogP contribution in [0.15, 0.2) is 24.4 Å². The predicted molar refractivity (Wildman–Crippen MR) is 73.8 cm³/mol. The van der Waals surface area contributed by atoms with Crippen LogP contribution in [0.3, 0.4) is 0 Å². The molecule has 0 fully saturated rings. The van der Waals surface area contributed by atoms with E-state index < -0.39 is 0 Å². The van der Waals surface area contributed by atoms with Gasteiger partial charge in [-0.1, -0.05) is 0 Å². The van der Waals surface area contributed by atoms with Gasteiger partial charge in [0.1, 0.15) is 11.9 Å². The van der Waals surface area contributed by atoms with Gasteiger partial charge >= 0.3 is 0 Å². The number of nitrogens with zero attached hydrogens (tertiary/aromatic N) is 4. The third-order valence-corrected chi connectivity index (χ3v) is 2.87. The molecule has 1 N–H and O–H groups in total. The van der Waals surface area contributed by atoms with Crippen molar-refractivity contribution in [1.82, 2.24) is 14.8 Å². The molecule has 5 nitrogen and oxygen atoms in total. The summed E-state index contributed by atoms with van der Waals surface area (Å²) in [6.07, 6.45) is 2.62. The molecule has 5 heteroatoms. The van der Waals surface area contributed by atoms with E-state index in [1.807, 2.05) is 11.6 Å². The van der Waals surface area contributed by atoms with Gasteiger partial charge < -0.3 is 5.32 Å². The van der Waals surface area contributed by atoms with Crippen molar-refractivity contribution in [2.24, 2.45) is 0 Å². The summed E-state index contributed by atoms with van der Waals surface area (Å²) in [6.45, 7) is 5.68. The molecule has 0 unspecified atom stereocenters. The fraction of sp³-hybridized carbons (Fsp3) is 0.357. The highest BCUT2D eigenvalue weighted by Gasteiger charge is 2.02. The zero-order chi connectivity index (χ0) is 13.7. The zero-order valence-corrected chi connectivity index (χ0v) is 11.2. The Hall–Kier alpha value is -2.35. The highest BCUT2D eigenvalue weighted by atomic mass is 15.3. The maximum absolute atomic E-state index is 8.95. The van der Waals surface area contributed by atoms with Crippen LogP contribution in [-0.2, 0) is 6.54 Å². The standard InChI is InChI=1S/C14H17N5/c1-11-9-12(2)19(18-11)8-4-7-17-14-13(10-15)5-3-6-16-14/h3,5-6,9H,4,7-8H2,1-2H3,(H,16,17). The lowest BCUT2D eigenvalue weighted by molar-refractivity contribution is 0.573. The lowest BCUT2D eigenvalue weighted by Crippen LogP contribution is -2.10. The molecule has 0 aliphatic carbocycles. The Morgan fingerprint density at radius 3 is 2.95 bits per heavy atom. The number of nitriles is 1. The van der Waals surface area contributed by atoms with Gasteiger partial charge in [0.25, 0.3) is 0 Å². The van der Waals surface area contributed by atoms with Crippen LogP contribution >= 0.6 is 0 Å². The van der Waals surface area contributed by atoms with Crippen LogP contribution < -0.4 is 5.32 Å². The van der Waals surface area contributed by atoms with Gasteiger partial charge in [-0.3, -0.25) is 4.68 Å². The second-order valence-corrected chi connectivity index (χ2v) is 4.44. The molecule has 2 rings (SSSR count). The Labute approximate surface area is 112 Å². The van der Waals surface area contributed by atoms with E-state index >= 15 is 0 Å². The second-order valence-electron chi connectivity index (χ2n) is 4.44. The van der Waals surface area contributed by atoms with Gasteiger partial charge in [0, 0.05) is 25.0 Å². The molecule has 98 valence electrons. The third-order valence-electron chi connectivity index (χ3n) is 2.87. The summed E-state index contributed by atoms with van der Waals surface area (Å²) < 4.78 is 2.00. The highest BCUT2D eigenvalue weighted by Crippen LogP contribution is 2.09. The number of rotatable bonds is 5. The van der Waals surface area contributed by atoms with Crippen LogP contribution in [0.1, 0.15) is 23.4 Å². The molecule has 0 spiro atoms. The average Bonchev–Trinajstić information content (AvgIpc) is 2.73. The van der Waals surface area contributed by atoms with Crippen molar-refractivity contribution in [1.29, 1.82) is 5.26 Å². The number of aromatic nitrogens is 3. The minimum Gasteiger partial charge on any atom is -0.369 e. The normalized spacial score (nSPS) is 10.2. The van der Waals surface area contributed by atoms with Gasteiger partial charge in [0.15, 0.2) is 0 Å². The molecule has 2 aromatic heterocycles. The van der Waals surface area contributed by atoms with E-state index in [-0.39, 0.29) is 0 Å². The molecule has 0 radical (unpaired) electrons. The molecule has 0 saturated heterocycles. The number of aryl methyl sites for hydroxylation is 3. The van der Waals surface area contributed by atoms with Gasteiger partial charge in [-0.25, -0.2) is 4.98 Å². The number of anilines is 1. The molecule has 0 atom stereocenters. The molecular formula is C14H17N5. The van der Waals surface area contributed by atoms with Crippen LogP contribution in [0.5, 0.6) is 0 Å². The van der Waals surface area contributed by atoms with Crippen LogP contribution in [0, 0.1) is 25.2 Å². The minimum absolute atomic E-state index is 0.577. The summed E-state index contributed by atoms with van der Waals surface area (Å²) in [5, 5.41) is 16.5. The van der Waals surface area contributed by atoms with Gasteiger partial charge in [0.05, 0.1) is 11.3 Å². The molecule has 0 aromatic carbocycles. The first-order chi connectivity index (χ1) is 9.20. The van der Waals surface area contributed by atoms with Gasteiger partial charge in [-0.15, -0.1) is 0 Å². The Morgan fingerprint density at radius 1 is 1.42 bits per heavy atom. The van der Waals surface area contributed by atoms with Crippen molar-refractivity contribution in [3.63, 3.8) is 0 Å². The summed E-state index contributed by atoms with van der Waals surface area (Å²) in [5.74, 6) is 0.651. The molecule has 2 aromatic rings. The summed E-state index contributed by atoms with van der Waals surface area (Å²) in [5.41, 5.74) is 2.80. The lowest BCUT2D eigenvalue weighted by atomic mass is 10.3. The minimum atomic E-state index is 0.577. The predicted octanol–water partition coefficient (Wildman–Crippen LogP) is 2.27. The van der Waals surface area contributed by atoms with Crippen LogP contribution in [0.2, 0.25) is 0 Å². The Kier molecular flexibility index (Phi) is 4.14. The molecule has 0 aliphatic rings. The summed E-state index contributed by atoms with van der Waals surface area (Å²) in [4.78, 5) is 4.16. The van der Waals surface area contributed by atoms with Crippen molar-refractivity contribution < 1.29 is 0 Å². The van der Waals surface area contributed by atoms with E-state index in [0.717, 1.165) is 25.2 Å². The SMILES string of the molecule is Cc1cc(C)n(CCCNc2ncccc2C#N)n1. The Balaban J connectivity index is 1.84. The van der Waals surface area contributed by atoms with E-state index in [2.05, 4.69) is 34.5 Å². The molecule has 2 heterocycles. The number of nitrogens with one attached hydrogen (secondary N) is 1. The zero-order valence-electron chi connectivity index (χ0n) is 11.2. The van der Waals surface area contributed by atoms with Crippen molar-refractivity contribution >= 4 is 5.82 Å². The van der Waals surface area contributed by atoms with E-state index in [1.165, 1.54) is 5.69 Å². The van der Waals surface area contributed by atoms with Crippen molar-refractivity contribution in [2.75, 3.05) is 11.9 Å². The first kappa shape index (κ1) is 13.1. The van der Waals surface area contributed by atoms with Crippen LogP contribution in [-0.4, -0.2) is 21.3 Å². The van der Waals surface area contributed by atoms with E-state index in [4.69, 9.17) is 5.26 Å². The van der Waals surface area contributed by atoms with Gasteiger partial charge in [0.2, 0.25) is 0 Å². The number of hydrogen-bond donors (Lipinski definition) is 1. The molecular weight excluding hydrogens is 238 g/mol. The van der Waals surface area contributed by atoms with E-state index in [0.29, 0.717) is 11.4 Å². The second kappa shape index (κ2) is 6.01. The van der Waals surface area contributed by atoms with Crippen molar-refractivity contribution in [3.8, 4) is 6.07 Å². The Morgan fingerprint density at radius 2 is 2.26 bits per heavy atom. The van der Waals surface area contributed by atoms with E-state index in [9.17, 15) is 0 Å². The average molecular weight is 255 g/mol. The molecule has 19 heavy (non-hydrogen) atoms.